The molecule has 1 saturated heterocycles. The van der Waals surface area contributed by atoms with E-state index in [2.05, 4.69) is 0 Å². The third-order valence-corrected chi connectivity index (χ3v) is 4.37. The minimum Gasteiger partial charge on any atom is -0.366 e. The molecule has 1 aromatic carbocycles. The Morgan fingerprint density at radius 3 is 2.11 bits per heavy atom. The average Bonchev–Trinajstić information content (AvgIpc) is 2.35. The van der Waals surface area contributed by atoms with Gasteiger partial charge in [-0.3, -0.25) is 0 Å². The number of halogens is 3. The maximum atomic E-state index is 13.6. The Balaban J connectivity index is 2.17. The van der Waals surface area contributed by atoms with E-state index in [1.807, 2.05) is 0 Å². The van der Waals surface area contributed by atoms with Crippen molar-refractivity contribution in [3.63, 3.8) is 0 Å². The fourth-order valence-electron chi connectivity index (χ4n) is 2.02. The van der Waals surface area contributed by atoms with Gasteiger partial charge in [-0.25, -0.2) is 21.6 Å². The first-order chi connectivity index (χ1) is 8.80. The molecule has 1 heterocycles. The molecular weight excluding hydrogens is 281 g/mol. The summed E-state index contributed by atoms with van der Waals surface area (Å²) in [6.45, 7) is 0.846. The first kappa shape index (κ1) is 14.1. The van der Waals surface area contributed by atoms with E-state index >= 15 is 0 Å². The van der Waals surface area contributed by atoms with Crippen molar-refractivity contribution in [1.82, 2.24) is 4.31 Å². The molecule has 0 aliphatic carbocycles. The molecule has 0 radical (unpaired) electrons. The maximum Gasteiger partial charge on any atom is 0.211 e. The fourth-order valence-corrected chi connectivity index (χ4v) is 2.85. The van der Waals surface area contributed by atoms with Crippen LogP contribution < -0.4 is 4.90 Å². The van der Waals surface area contributed by atoms with Gasteiger partial charge in [-0.05, 0) is 12.1 Å². The number of rotatable bonds is 2. The van der Waals surface area contributed by atoms with Gasteiger partial charge in [0.2, 0.25) is 10.0 Å². The molecule has 2 rings (SSSR count). The van der Waals surface area contributed by atoms with Gasteiger partial charge in [0.15, 0.2) is 17.5 Å². The molecule has 1 aromatic rings. The van der Waals surface area contributed by atoms with E-state index in [4.69, 9.17) is 0 Å². The van der Waals surface area contributed by atoms with Crippen LogP contribution in [0.5, 0.6) is 0 Å². The van der Waals surface area contributed by atoms with Crippen LogP contribution in [-0.4, -0.2) is 45.2 Å². The molecule has 0 saturated carbocycles. The highest BCUT2D eigenvalue weighted by molar-refractivity contribution is 7.88. The molecule has 1 aliphatic heterocycles. The molecule has 1 aliphatic rings. The minimum absolute atomic E-state index is 0.0490. The SMILES string of the molecule is CS(=O)(=O)N1CCN(c2ccc(F)c(F)c2F)CC1. The second-order valence-electron chi connectivity index (χ2n) is 4.34. The summed E-state index contributed by atoms with van der Waals surface area (Å²) < 4.78 is 63.4. The highest BCUT2D eigenvalue weighted by Crippen LogP contribution is 2.24. The molecule has 8 heteroatoms. The summed E-state index contributed by atoms with van der Waals surface area (Å²) in [4.78, 5) is 1.50. The number of anilines is 1. The Kier molecular flexibility index (Phi) is 3.73. The van der Waals surface area contributed by atoms with E-state index in [-0.39, 0.29) is 31.9 Å². The van der Waals surface area contributed by atoms with Gasteiger partial charge in [-0.15, -0.1) is 0 Å². The van der Waals surface area contributed by atoms with Crippen molar-refractivity contribution in [1.29, 1.82) is 0 Å². The number of nitrogens with zero attached hydrogens (tertiary/aromatic N) is 2. The molecule has 4 nitrogen and oxygen atoms in total. The largest absolute Gasteiger partial charge is 0.366 e. The Bertz CT molecular complexity index is 584. The van der Waals surface area contributed by atoms with Gasteiger partial charge < -0.3 is 4.90 Å². The van der Waals surface area contributed by atoms with Crippen LogP contribution in [-0.2, 0) is 10.0 Å². The van der Waals surface area contributed by atoms with Gasteiger partial charge in [-0.1, -0.05) is 0 Å². The molecule has 0 atom stereocenters. The first-order valence-electron chi connectivity index (χ1n) is 5.64. The van der Waals surface area contributed by atoms with Crippen molar-refractivity contribution in [2.24, 2.45) is 0 Å². The fraction of sp³-hybridized carbons (Fsp3) is 0.455. The molecule has 1 fully saturated rings. The Hall–Kier alpha value is -1.28. The van der Waals surface area contributed by atoms with Gasteiger partial charge in [0.25, 0.3) is 0 Å². The van der Waals surface area contributed by atoms with E-state index < -0.39 is 27.5 Å². The van der Waals surface area contributed by atoms with E-state index in [0.717, 1.165) is 18.4 Å². The van der Waals surface area contributed by atoms with Gasteiger partial charge >= 0.3 is 0 Å². The smallest absolute Gasteiger partial charge is 0.211 e. The molecule has 19 heavy (non-hydrogen) atoms. The summed E-state index contributed by atoms with van der Waals surface area (Å²) in [5, 5.41) is 0. The molecule has 106 valence electrons. The number of hydrogen-bond acceptors (Lipinski definition) is 3. The Morgan fingerprint density at radius 2 is 1.58 bits per heavy atom. The van der Waals surface area contributed by atoms with E-state index in [1.54, 1.807) is 0 Å². The molecular formula is C11H13F3N2O2S. The van der Waals surface area contributed by atoms with Crippen LogP contribution in [0.1, 0.15) is 0 Å². The van der Waals surface area contributed by atoms with E-state index in [9.17, 15) is 21.6 Å². The molecule has 0 unspecified atom stereocenters. The van der Waals surface area contributed by atoms with E-state index in [0.29, 0.717) is 0 Å². The lowest BCUT2D eigenvalue weighted by atomic mass is 10.2. The van der Waals surface area contributed by atoms with Gasteiger partial charge in [0.1, 0.15) is 0 Å². The number of sulfonamides is 1. The van der Waals surface area contributed by atoms with Crippen LogP contribution in [0.2, 0.25) is 0 Å². The minimum atomic E-state index is -3.28. The summed E-state index contributed by atoms with van der Waals surface area (Å²) in [5.41, 5.74) is -0.0490. The zero-order valence-electron chi connectivity index (χ0n) is 10.2. The Labute approximate surface area is 109 Å². The predicted molar refractivity (Wildman–Crippen MR) is 64.9 cm³/mol. The van der Waals surface area contributed by atoms with Gasteiger partial charge in [-0.2, -0.15) is 4.31 Å². The molecule has 0 aromatic heterocycles. The van der Waals surface area contributed by atoms with Crippen molar-refractivity contribution in [3.05, 3.63) is 29.6 Å². The standard InChI is InChI=1S/C11H13F3N2O2S/c1-19(17,18)16-6-4-15(5-7-16)9-3-2-8(12)10(13)11(9)14/h2-3H,4-7H2,1H3. The van der Waals surface area contributed by atoms with Gasteiger partial charge in [0, 0.05) is 26.2 Å². The van der Waals surface area contributed by atoms with Gasteiger partial charge in [0.05, 0.1) is 11.9 Å². The highest BCUT2D eigenvalue weighted by Gasteiger charge is 2.26. The summed E-state index contributed by atoms with van der Waals surface area (Å²) in [7, 11) is -3.28. The maximum absolute atomic E-state index is 13.6. The van der Waals surface area contributed by atoms with E-state index in [1.165, 1.54) is 9.21 Å². The van der Waals surface area contributed by atoms with Crippen LogP contribution in [0, 0.1) is 17.5 Å². The van der Waals surface area contributed by atoms with Crippen molar-refractivity contribution >= 4 is 15.7 Å². The molecule has 0 N–H and O–H groups in total. The lowest BCUT2D eigenvalue weighted by molar-refractivity contribution is 0.383. The zero-order chi connectivity index (χ0) is 14.2. The summed E-state index contributed by atoms with van der Waals surface area (Å²) in [6, 6.07) is 2.01. The van der Waals surface area contributed by atoms with Crippen molar-refractivity contribution in [3.8, 4) is 0 Å². The van der Waals surface area contributed by atoms with Crippen molar-refractivity contribution in [2.45, 2.75) is 0 Å². The predicted octanol–water partition coefficient (Wildman–Crippen LogP) is 1.19. The lowest BCUT2D eigenvalue weighted by Crippen LogP contribution is -2.48. The second kappa shape index (κ2) is 5.01. The Morgan fingerprint density at radius 1 is 1.00 bits per heavy atom. The highest BCUT2D eigenvalue weighted by atomic mass is 32.2. The summed E-state index contributed by atoms with van der Waals surface area (Å²) >= 11 is 0. The lowest BCUT2D eigenvalue weighted by Gasteiger charge is -2.34. The van der Waals surface area contributed by atoms with Crippen LogP contribution >= 0.6 is 0 Å². The van der Waals surface area contributed by atoms with Crippen LogP contribution in [0.3, 0.4) is 0 Å². The third-order valence-electron chi connectivity index (χ3n) is 3.06. The topological polar surface area (TPSA) is 40.6 Å². The quantitative estimate of drug-likeness (QED) is 0.769. The van der Waals surface area contributed by atoms with Crippen molar-refractivity contribution in [2.75, 3.05) is 37.3 Å². The average molecular weight is 294 g/mol. The van der Waals surface area contributed by atoms with Crippen LogP contribution in [0.15, 0.2) is 12.1 Å². The molecule has 0 spiro atoms. The number of piperazine rings is 1. The third kappa shape index (κ3) is 2.84. The normalized spacial score (nSPS) is 17.8. The number of hydrogen-bond donors (Lipinski definition) is 0. The monoisotopic (exact) mass is 294 g/mol. The molecule has 0 bridgehead atoms. The summed E-state index contributed by atoms with van der Waals surface area (Å²) in [5.74, 6) is -3.99. The number of benzene rings is 1. The van der Waals surface area contributed by atoms with Crippen LogP contribution in [0.25, 0.3) is 0 Å². The first-order valence-corrected chi connectivity index (χ1v) is 7.49. The van der Waals surface area contributed by atoms with Crippen LogP contribution in [0.4, 0.5) is 18.9 Å². The summed E-state index contributed by atoms with van der Waals surface area (Å²) in [6.07, 6.45) is 1.10. The zero-order valence-corrected chi connectivity index (χ0v) is 11.1. The molecule has 0 amide bonds. The second-order valence-corrected chi connectivity index (χ2v) is 6.33. The van der Waals surface area contributed by atoms with Crippen molar-refractivity contribution < 1.29 is 21.6 Å².